The zero-order valence-corrected chi connectivity index (χ0v) is 28.2. The molecule has 1 N–H and O–H groups in total. The Morgan fingerprint density at radius 2 is 1.74 bits per heavy atom. The number of rotatable bonds is 7. The number of H-pyrrole nitrogens is 1. The Hall–Kier alpha value is -3.83. The van der Waals surface area contributed by atoms with E-state index in [0.717, 1.165) is 42.8 Å². The molecule has 0 saturated carbocycles. The lowest BCUT2D eigenvalue weighted by atomic mass is 9.95. The predicted molar refractivity (Wildman–Crippen MR) is 181 cm³/mol. The molecule has 2 fully saturated rings. The summed E-state index contributed by atoms with van der Waals surface area (Å²) in [4.78, 5) is 49.7. The van der Waals surface area contributed by atoms with Crippen LogP contribution in [0.15, 0.2) is 36.4 Å². The Bertz CT molecular complexity index is 1640. The van der Waals surface area contributed by atoms with Gasteiger partial charge in [-0.1, -0.05) is 34.5 Å². The third-order valence-corrected chi connectivity index (χ3v) is 10.3. The Balaban J connectivity index is 1.32. The normalized spacial score (nSPS) is 19.1. The van der Waals surface area contributed by atoms with Crippen LogP contribution in [0.2, 0.25) is 0 Å². The number of benzene rings is 2. The number of likely N-dealkylation sites (tertiary alicyclic amines) is 2. The SMILES string of the molecule is COC(=O)c1c(C)[nH]c2c(OC(=O)N3CCC(N4CCCCC4)CC3)cc3c(c12)[C@H](CBr)CN3C(=O)/C=C/c1ccc(OC)cc1. The number of anilines is 1. The third kappa shape index (κ3) is 6.27. The summed E-state index contributed by atoms with van der Waals surface area (Å²) in [7, 11) is 2.96. The second-order valence-electron chi connectivity index (χ2n) is 12.3. The van der Waals surface area contributed by atoms with Gasteiger partial charge in [0.2, 0.25) is 0 Å². The van der Waals surface area contributed by atoms with Crippen LogP contribution in [0.25, 0.3) is 17.0 Å². The molecule has 46 heavy (non-hydrogen) atoms. The average Bonchev–Trinajstić information content (AvgIpc) is 3.64. The maximum atomic E-state index is 13.7. The number of esters is 1. The first kappa shape index (κ1) is 32.1. The van der Waals surface area contributed by atoms with Crippen LogP contribution < -0.4 is 14.4 Å². The van der Waals surface area contributed by atoms with E-state index in [1.807, 2.05) is 24.3 Å². The number of piperidine rings is 2. The number of alkyl halides is 1. The fraction of sp³-hybridized carbons (Fsp3) is 0.457. The lowest BCUT2D eigenvalue weighted by Gasteiger charge is -2.39. The standard InChI is InChI=1S/C35H41BrN4O6/c1-22-30(34(42)45-3)32-31-24(20-36)21-40(29(41)12-9-23-7-10-26(44-2)11-8-23)27(31)19-28(33(32)37-22)46-35(43)39-17-13-25(14-18-39)38-15-5-4-6-16-38/h7-12,19,24-25,37H,4-6,13-18,20-21H2,1-3H3/b12-9+/t24-/m1/s1. The molecule has 10 nitrogen and oxygen atoms in total. The van der Waals surface area contributed by atoms with Gasteiger partial charge < -0.3 is 33.9 Å². The van der Waals surface area contributed by atoms with Gasteiger partial charge in [0.15, 0.2) is 5.75 Å². The molecular formula is C35H41BrN4O6. The number of methoxy groups -OCH3 is 2. The monoisotopic (exact) mass is 692 g/mol. The summed E-state index contributed by atoms with van der Waals surface area (Å²) < 4.78 is 16.5. The zero-order chi connectivity index (χ0) is 32.4. The first-order chi connectivity index (χ1) is 22.3. The first-order valence-electron chi connectivity index (χ1n) is 16.0. The van der Waals surface area contributed by atoms with Crippen LogP contribution in [0, 0.1) is 6.92 Å². The highest BCUT2D eigenvalue weighted by atomic mass is 79.9. The summed E-state index contributed by atoms with van der Waals surface area (Å²) in [6.45, 7) is 5.71. The van der Waals surface area contributed by atoms with E-state index in [0.29, 0.717) is 58.9 Å². The molecule has 0 unspecified atom stereocenters. The minimum Gasteiger partial charge on any atom is -0.497 e. The molecule has 11 heteroatoms. The summed E-state index contributed by atoms with van der Waals surface area (Å²) in [6.07, 6.45) is 8.48. The Kier molecular flexibility index (Phi) is 9.70. The number of ether oxygens (including phenoxy) is 3. The number of hydrogen-bond donors (Lipinski definition) is 1. The molecule has 6 rings (SSSR count). The van der Waals surface area contributed by atoms with Gasteiger partial charge in [-0.15, -0.1) is 0 Å². The molecule has 0 aliphatic carbocycles. The van der Waals surface area contributed by atoms with Crippen molar-refractivity contribution in [2.75, 3.05) is 57.2 Å². The van der Waals surface area contributed by atoms with Gasteiger partial charge in [0.05, 0.1) is 31.0 Å². The van der Waals surface area contributed by atoms with E-state index in [9.17, 15) is 14.4 Å². The fourth-order valence-corrected chi connectivity index (χ4v) is 7.66. The van der Waals surface area contributed by atoms with Gasteiger partial charge in [-0.05, 0) is 75.0 Å². The molecule has 4 heterocycles. The molecule has 3 aromatic rings. The number of halogens is 1. The third-order valence-electron chi connectivity index (χ3n) is 9.55. The maximum Gasteiger partial charge on any atom is 0.415 e. The van der Waals surface area contributed by atoms with Crippen LogP contribution in [0.1, 0.15) is 65.2 Å². The van der Waals surface area contributed by atoms with Crippen LogP contribution in [0.5, 0.6) is 11.5 Å². The minimum atomic E-state index is -0.494. The Morgan fingerprint density at radius 3 is 2.39 bits per heavy atom. The molecule has 1 atom stereocenters. The average molecular weight is 694 g/mol. The van der Waals surface area contributed by atoms with Gasteiger partial charge in [-0.2, -0.15) is 0 Å². The predicted octanol–water partition coefficient (Wildman–Crippen LogP) is 6.26. The van der Waals surface area contributed by atoms with Crippen LogP contribution in [-0.4, -0.2) is 91.1 Å². The Morgan fingerprint density at radius 1 is 1.02 bits per heavy atom. The van der Waals surface area contributed by atoms with Gasteiger partial charge in [-0.25, -0.2) is 9.59 Å². The highest BCUT2D eigenvalue weighted by Crippen LogP contribution is 2.48. The van der Waals surface area contributed by atoms with Gasteiger partial charge in [0.1, 0.15) is 5.75 Å². The van der Waals surface area contributed by atoms with E-state index in [4.69, 9.17) is 14.2 Å². The molecule has 2 amide bonds. The highest BCUT2D eigenvalue weighted by Gasteiger charge is 2.38. The van der Waals surface area contributed by atoms with Gasteiger partial charge in [0.25, 0.3) is 5.91 Å². The number of aromatic amines is 1. The molecular weight excluding hydrogens is 652 g/mol. The largest absolute Gasteiger partial charge is 0.497 e. The number of amides is 2. The van der Waals surface area contributed by atoms with Crippen molar-refractivity contribution in [2.24, 2.45) is 0 Å². The minimum absolute atomic E-state index is 0.104. The summed E-state index contributed by atoms with van der Waals surface area (Å²) in [5, 5.41) is 1.18. The van der Waals surface area contributed by atoms with Crippen molar-refractivity contribution in [1.82, 2.24) is 14.8 Å². The first-order valence-corrected chi connectivity index (χ1v) is 17.1. The molecule has 244 valence electrons. The van der Waals surface area contributed by atoms with E-state index >= 15 is 0 Å². The van der Waals surface area contributed by atoms with Crippen molar-refractivity contribution in [3.05, 3.63) is 58.8 Å². The molecule has 0 bridgehead atoms. The number of aryl methyl sites for hydroxylation is 1. The fourth-order valence-electron chi connectivity index (χ4n) is 7.13. The quantitative estimate of drug-likeness (QED) is 0.177. The van der Waals surface area contributed by atoms with Crippen molar-refractivity contribution in [3.63, 3.8) is 0 Å². The molecule has 0 spiro atoms. The number of aromatic nitrogens is 1. The number of nitrogens with zero attached hydrogens (tertiary/aromatic N) is 3. The van der Waals surface area contributed by atoms with E-state index in [-0.39, 0.29) is 17.6 Å². The van der Waals surface area contributed by atoms with E-state index in [2.05, 4.69) is 25.8 Å². The molecule has 3 aliphatic rings. The highest BCUT2D eigenvalue weighted by molar-refractivity contribution is 9.09. The second kappa shape index (κ2) is 13.9. The van der Waals surface area contributed by atoms with E-state index in [1.165, 1.54) is 32.4 Å². The van der Waals surface area contributed by atoms with Crippen molar-refractivity contribution >= 4 is 56.6 Å². The topological polar surface area (TPSA) is 104 Å². The summed E-state index contributed by atoms with van der Waals surface area (Å²) in [6, 6.07) is 9.69. The van der Waals surface area contributed by atoms with Crippen LogP contribution in [-0.2, 0) is 9.53 Å². The number of fused-ring (bicyclic) bond motifs is 3. The van der Waals surface area contributed by atoms with Crippen molar-refractivity contribution < 1.29 is 28.6 Å². The molecule has 0 radical (unpaired) electrons. The molecule has 2 saturated heterocycles. The second-order valence-corrected chi connectivity index (χ2v) is 12.9. The smallest absolute Gasteiger partial charge is 0.415 e. The molecule has 1 aromatic heterocycles. The van der Waals surface area contributed by atoms with Gasteiger partial charge in [-0.3, -0.25) is 4.79 Å². The van der Waals surface area contributed by atoms with Gasteiger partial charge in [0, 0.05) is 60.1 Å². The van der Waals surface area contributed by atoms with Crippen molar-refractivity contribution in [3.8, 4) is 11.5 Å². The maximum absolute atomic E-state index is 13.7. The summed E-state index contributed by atoms with van der Waals surface area (Å²) in [5.41, 5.74) is 3.83. The van der Waals surface area contributed by atoms with Crippen LogP contribution >= 0.6 is 15.9 Å². The van der Waals surface area contributed by atoms with Gasteiger partial charge >= 0.3 is 12.1 Å². The lowest BCUT2D eigenvalue weighted by Crippen LogP contribution is -2.48. The number of carbonyl (C=O) groups excluding carboxylic acids is 3. The van der Waals surface area contributed by atoms with Crippen molar-refractivity contribution in [2.45, 2.75) is 51.0 Å². The summed E-state index contributed by atoms with van der Waals surface area (Å²) in [5.74, 6) is 0.198. The number of hydrogen-bond acceptors (Lipinski definition) is 7. The van der Waals surface area contributed by atoms with Crippen LogP contribution in [0.3, 0.4) is 0 Å². The lowest BCUT2D eigenvalue weighted by molar-refractivity contribution is -0.114. The number of carbonyl (C=O) groups is 3. The number of nitrogens with one attached hydrogen (secondary N) is 1. The van der Waals surface area contributed by atoms with Crippen molar-refractivity contribution in [1.29, 1.82) is 0 Å². The van der Waals surface area contributed by atoms with E-state index in [1.54, 1.807) is 36.0 Å². The van der Waals surface area contributed by atoms with E-state index < -0.39 is 12.1 Å². The molecule has 2 aromatic carbocycles. The molecule has 3 aliphatic heterocycles. The summed E-state index contributed by atoms with van der Waals surface area (Å²) >= 11 is 3.64. The zero-order valence-electron chi connectivity index (χ0n) is 26.6. The van der Waals surface area contributed by atoms with Crippen LogP contribution in [0.4, 0.5) is 10.5 Å². The Labute approximate surface area is 277 Å².